The number of carbonyl (C=O) groups is 1. The van der Waals surface area contributed by atoms with E-state index in [1.54, 1.807) is 40.7 Å². The van der Waals surface area contributed by atoms with Crippen LogP contribution in [-0.2, 0) is 16.6 Å². The fraction of sp³-hybridized carbons (Fsp3) is 0.296. The molecular formula is C27H29N3O5S. The summed E-state index contributed by atoms with van der Waals surface area (Å²) in [6.45, 7) is 5.69. The van der Waals surface area contributed by atoms with Crippen molar-refractivity contribution in [3.63, 3.8) is 0 Å². The van der Waals surface area contributed by atoms with Crippen LogP contribution in [0.3, 0.4) is 0 Å². The molecule has 1 saturated heterocycles. The van der Waals surface area contributed by atoms with Crippen LogP contribution in [0.2, 0.25) is 0 Å². The molecule has 188 valence electrons. The lowest BCUT2D eigenvalue weighted by Crippen LogP contribution is -2.48. The minimum Gasteiger partial charge on any atom is -0.486 e. The minimum atomic E-state index is -3.49. The molecule has 0 spiro atoms. The molecule has 9 heteroatoms. The number of carbonyl (C=O) groups excluding carboxylic acids is 1. The summed E-state index contributed by atoms with van der Waals surface area (Å²) < 4.78 is 38.6. The average Bonchev–Trinajstić information content (AvgIpc) is 2.89. The summed E-state index contributed by atoms with van der Waals surface area (Å²) in [5.74, 6) is 1.09. The van der Waals surface area contributed by atoms with Gasteiger partial charge in [0, 0.05) is 50.0 Å². The Kier molecular flexibility index (Phi) is 6.95. The van der Waals surface area contributed by atoms with Gasteiger partial charge in [0.1, 0.15) is 13.2 Å². The number of aryl methyl sites for hydroxylation is 1. The van der Waals surface area contributed by atoms with Crippen LogP contribution in [-0.4, -0.2) is 62.9 Å². The van der Waals surface area contributed by atoms with Crippen molar-refractivity contribution in [2.24, 2.45) is 0 Å². The fourth-order valence-electron chi connectivity index (χ4n) is 4.38. The Morgan fingerprint density at radius 2 is 1.61 bits per heavy atom. The van der Waals surface area contributed by atoms with E-state index < -0.39 is 10.0 Å². The maximum atomic E-state index is 13.0. The van der Waals surface area contributed by atoms with Gasteiger partial charge in [0.05, 0.1) is 4.90 Å². The highest BCUT2D eigenvalue weighted by Gasteiger charge is 2.28. The fourth-order valence-corrected chi connectivity index (χ4v) is 5.80. The molecule has 3 aromatic carbocycles. The first kappa shape index (κ1) is 24.3. The number of ether oxygens (including phenoxy) is 2. The van der Waals surface area contributed by atoms with Gasteiger partial charge in [-0.3, -0.25) is 9.69 Å². The molecule has 0 bridgehead atoms. The molecule has 1 N–H and O–H groups in total. The molecule has 0 saturated carbocycles. The SMILES string of the molecule is Cc1ccc(S(=O)(=O)N2CCN(Cc3cccc(C(=O)Nc4ccc5c(c4)OCCO5)c3)CC2)cc1. The Labute approximate surface area is 211 Å². The van der Waals surface area contributed by atoms with E-state index in [-0.39, 0.29) is 5.91 Å². The molecule has 5 rings (SSSR count). The summed E-state index contributed by atoms with van der Waals surface area (Å²) in [5, 5.41) is 2.92. The van der Waals surface area contributed by atoms with Gasteiger partial charge in [-0.15, -0.1) is 0 Å². The molecule has 1 fully saturated rings. The molecule has 0 atom stereocenters. The van der Waals surface area contributed by atoms with Crippen molar-refractivity contribution in [2.75, 3.05) is 44.7 Å². The second-order valence-corrected chi connectivity index (χ2v) is 10.9. The zero-order chi connectivity index (χ0) is 25.1. The van der Waals surface area contributed by atoms with E-state index in [4.69, 9.17) is 9.47 Å². The van der Waals surface area contributed by atoms with E-state index in [0.717, 1.165) is 11.1 Å². The molecule has 1 amide bonds. The van der Waals surface area contributed by atoms with E-state index >= 15 is 0 Å². The highest BCUT2D eigenvalue weighted by Crippen LogP contribution is 2.32. The monoisotopic (exact) mass is 507 g/mol. The van der Waals surface area contributed by atoms with Crippen LogP contribution in [0.25, 0.3) is 0 Å². The van der Waals surface area contributed by atoms with Crippen LogP contribution in [0.4, 0.5) is 5.69 Å². The van der Waals surface area contributed by atoms with Gasteiger partial charge in [0.25, 0.3) is 5.91 Å². The largest absolute Gasteiger partial charge is 0.486 e. The van der Waals surface area contributed by atoms with Gasteiger partial charge in [-0.25, -0.2) is 8.42 Å². The van der Waals surface area contributed by atoms with Crippen molar-refractivity contribution < 1.29 is 22.7 Å². The number of nitrogens with one attached hydrogen (secondary N) is 1. The molecule has 3 aromatic rings. The normalized spacial score (nSPS) is 16.5. The number of benzene rings is 3. The average molecular weight is 508 g/mol. The summed E-state index contributed by atoms with van der Waals surface area (Å²) >= 11 is 0. The number of amides is 1. The van der Waals surface area contributed by atoms with Gasteiger partial charge < -0.3 is 14.8 Å². The molecule has 0 aliphatic carbocycles. The van der Waals surface area contributed by atoms with Crippen LogP contribution < -0.4 is 14.8 Å². The third kappa shape index (κ3) is 5.38. The smallest absolute Gasteiger partial charge is 0.255 e. The zero-order valence-electron chi connectivity index (χ0n) is 20.1. The highest BCUT2D eigenvalue weighted by molar-refractivity contribution is 7.89. The standard InChI is InChI=1S/C27H29N3O5S/c1-20-5-8-24(9-6-20)36(32,33)30-13-11-29(12-14-30)19-21-3-2-4-22(17-21)27(31)28-23-7-10-25-26(18-23)35-16-15-34-25/h2-10,17-18H,11-16,19H2,1H3,(H,28,31). The molecular weight excluding hydrogens is 478 g/mol. The van der Waals surface area contributed by atoms with Crippen LogP contribution in [0.15, 0.2) is 71.6 Å². The summed E-state index contributed by atoms with van der Waals surface area (Å²) in [5.41, 5.74) is 3.23. The van der Waals surface area contributed by atoms with E-state index in [1.165, 1.54) is 0 Å². The molecule has 36 heavy (non-hydrogen) atoms. The molecule has 0 radical (unpaired) electrons. The first-order chi connectivity index (χ1) is 17.4. The molecule has 2 aliphatic heterocycles. The van der Waals surface area contributed by atoms with E-state index in [1.807, 2.05) is 37.3 Å². The third-order valence-electron chi connectivity index (χ3n) is 6.39. The summed E-state index contributed by atoms with van der Waals surface area (Å²) in [4.78, 5) is 15.4. The number of rotatable bonds is 6. The van der Waals surface area contributed by atoms with Crippen molar-refractivity contribution in [1.29, 1.82) is 0 Å². The second-order valence-electron chi connectivity index (χ2n) is 9.01. The Bertz CT molecular complexity index is 1350. The quantitative estimate of drug-likeness (QED) is 0.549. The maximum absolute atomic E-state index is 13.0. The third-order valence-corrected chi connectivity index (χ3v) is 8.30. The van der Waals surface area contributed by atoms with E-state index in [9.17, 15) is 13.2 Å². The van der Waals surface area contributed by atoms with Gasteiger partial charge in [-0.2, -0.15) is 4.31 Å². The first-order valence-electron chi connectivity index (χ1n) is 12.0. The number of hydrogen-bond donors (Lipinski definition) is 1. The Morgan fingerprint density at radius 1 is 0.889 bits per heavy atom. The van der Waals surface area contributed by atoms with Crippen molar-refractivity contribution in [2.45, 2.75) is 18.4 Å². The Morgan fingerprint density at radius 3 is 2.36 bits per heavy atom. The number of nitrogens with zero attached hydrogens (tertiary/aromatic N) is 2. The number of piperazine rings is 1. The van der Waals surface area contributed by atoms with Crippen molar-refractivity contribution >= 4 is 21.6 Å². The number of fused-ring (bicyclic) bond motifs is 1. The highest BCUT2D eigenvalue weighted by atomic mass is 32.2. The van der Waals surface area contributed by atoms with Crippen molar-refractivity contribution in [1.82, 2.24) is 9.21 Å². The van der Waals surface area contributed by atoms with Gasteiger partial charge in [-0.1, -0.05) is 29.8 Å². The van der Waals surface area contributed by atoms with Gasteiger partial charge >= 0.3 is 0 Å². The molecule has 8 nitrogen and oxygen atoms in total. The zero-order valence-corrected chi connectivity index (χ0v) is 21.0. The minimum absolute atomic E-state index is 0.206. The second kappa shape index (κ2) is 10.3. The van der Waals surface area contributed by atoms with Crippen LogP contribution >= 0.6 is 0 Å². The Balaban J connectivity index is 1.18. The summed E-state index contributed by atoms with van der Waals surface area (Å²) in [6, 6.07) is 19.8. The topological polar surface area (TPSA) is 88.2 Å². The number of sulfonamides is 1. The Hall–Kier alpha value is -3.40. The maximum Gasteiger partial charge on any atom is 0.255 e. The van der Waals surface area contributed by atoms with Gasteiger partial charge in [0.2, 0.25) is 10.0 Å². The number of hydrogen-bond acceptors (Lipinski definition) is 6. The van der Waals surface area contributed by atoms with E-state index in [0.29, 0.717) is 73.6 Å². The van der Waals surface area contributed by atoms with E-state index in [2.05, 4.69) is 10.2 Å². The van der Waals surface area contributed by atoms with Crippen LogP contribution in [0.1, 0.15) is 21.5 Å². The van der Waals surface area contributed by atoms with Crippen LogP contribution in [0, 0.1) is 6.92 Å². The molecule has 2 heterocycles. The van der Waals surface area contributed by atoms with Gasteiger partial charge in [-0.05, 0) is 48.9 Å². The lowest BCUT2D eigenvalue weighted by atomic mass is 10.1. The predicted molar refractivity (Wildman–Crippen MR) is 137 cm³/mol. The number of anilines is 1. The first-order valence-corrected chi connectivity index (χ1v) is 13.4. The predicted octanol–water partition coefficient (Wildman–Crippen LogP) is 3.53. The summed E-state index contributed by atoms with van der Waals surface area (Å²) in [6.07, 6.45) is 0. The molecule has 0 unspecified atom stereocenters. The lowest BCUT2D eigenvalue weighted by Gasteiger charge is -2.34. The molecule has 2 aliphatic rings. The summed E-state index contributed by atoms with van der Waals surface area (Å²) in [7, 11) is -3.49. The molecule has 0 aromatic heterocycles. The lowest BCUT2D eigenvalue weighted by molar-refractivity contribution is 0.102. The van der Waals surface area contributed by atoms with Gasteiger partial charge in [0.15, 0.2) is 11.5 Å². The van der Waals surface area contributed by atoms with Crippen molar-refractivity contribution in [3.05, 3.63) is 83.4 Å². The van der Waals surface area contributed by atoms with Crippen LogP contribution in [0.5, 0.6) is 11.5 Å². The van der Waals surface area contributed by atoms with Crippen molar-refractivity contribution in [3.8, 4) is 11.5 Å².